The second kappa shape index (κ2) is 7.02. The van der Waals surface area contributed by atoms with Crippen LogP contribution in [0, 0.1) is 5.82 Å². The lowest BCUT2D eigenvalue weighted by Gasteiger charge is -2.32. The van der Waals surface area contributed by atoms with Crippen molar-refractivity contribution in [2.45, 2.75) is 18.9 Å². The van der Waals surface area contributed by atoms with E-state index in [4.69, 9.17) is 0 Å². The fraction of sp³-hybridized carbons (Fsp3) is 0.400. The van der Waals surface area contributed by atoms with Gasteiger partial charge in [-0.15, -0.1) is 0 Å². The highest BCUT2D eigenvalue weighted by atomic mass is 32.2. The molecule has 22 heavy (non-hydrogen) atoms. The Morgan fingerprint density at radius 2 is 2.05 bits per heavy atom. The van der Waals surface area contributed by atoms with Gasteiger partial charge in [-0.25, -0.2) is 17.5 Å². The van der Waals surface area contributed by atoms with E-state index in [1.165, 1.54) is 18.2 Å². The minimum atomic E-state index is -3.27. The second-order valence-electron chi connectivity index (χ2n) is 5.40. The maximum atomic E-state index is 12.8. The van der Waals surface area contributed by atoms with Crippen LogP contribution >= 0.6 is 0 Å². The number of hydrogen-bond donors (Lipinski definition) is 1. The summed E-state index contributed by atoms with van der Waals surface area (Å²) in [4.78, 5) is 13.8. The molecular weight excluding hydrogens is 307 g/mol. The first-order valence-corrected chi connectivity index (χ1v) is 8.92. The second-order valence-corrected chi connectivity index (χ2v) is 7.18. The number of benzene rings is 1. The van der Waals surface area contributed by atoms with Crippen molar-refractivity contribution in [3.05, 3.63) is 41.7 Å². The Morgan fingerprint density at radius 3 is 2.68 bits per heavy atom. The van der Waals surface area contributed by atoms with Gasteiger partial charge in [-0.05, 0) is 36.6 Å². The highest BCUT2D eigenvalue weighted by Crippen LogP contribution is 2.12. The molecule has 0 bridgehead atoms. The number of likely N-dealkylation sites (tertiary alicyclic amines) is 1. The van der Waals surface area contributed by atoms with E-state index in [1.807, 2.05) is 0 Å². The summed E-state index contributed by atoms with van der Waals surface area (Å²) in [6.45, 7) is 0.966. The molecule has 1 N–H and O–H groups in total. The lowest BCUT2D eigenvalue weighted by Crippen LogP contribution is -2.48. The van der Waals surface area contributed by atoms with Crippen LogP contribution in [0.15, 0.2) is 30.3 Å². The van der Waals surface area contributed by atoms with Crippen LogP contribution in [0.25, 0.3) is 6.08 Å². The Bertz CT molecular complexity index is 656. The summed E-state index contributed by atoms with van der Waals surface area (Å²) in [7, 11) is -3.27. The monoisotopic (exact) mass is 326 g/mol. The standard InChI is InChI=1S/C15H19FN2O3S/c1-22(20,21)17-14-3-2-10-18(11-14)15(19)9-6-12-4-7-13(16)8-5-12/h4-9,14,17H,2-3,10-11H2,1H3/b9-6-/t14-/m1/s1. The van der Waals surface area contributed by atoms with Crippen LogP contribution in [0.3, 0.4) is 0 Å². The van der Waals surface area contributed by atoms with Gasteiger partial charge in [0.15, 0.2) is 0 Å². The van der Waals surface area contributed by atoms with Crippen LogP contribution in [0.4, 0.5) is 4.39 Å². The fourth-order valence-electron chi connectivity index (χ4n) is 2.42. The normalized spacial score (nSPS) is 19.5. The minimum absolute atomic E-state index is 0.177. The molecule has 7 heteroatoms. The van der Waals surface area contributed by atoms with Crippen LogP contribution in [0.1, 0.15) is 18.4 Å². The van der Waals surface area contributed by atoms with E-state index >= 15 is 0 Å². The highest BCUT2D eigenvalue weighted by molar-refractivity contribution is 7.88. The summed E-state index contributed by atoms with van der Waals surface area (Å²) >= 11 is 0. The lowest BCUT2D eigenvalue weighted by atomic mass is 10.1. The van der Waals surface area contributed by atoms with E-state index in [0.29, 0.717) is 13.1 Å². The highest BCUT2D eigenvalue weighted by Gasteiger charge is 2.24. The molecule has 2 rings (SSSR count). The van der Waals surface area contributed by atoms with Crippen molar-refractivity contribution in [1.29, 1.82) is 0 Å². The SMILES string of the molecule is CS(=O)(=O)N[C@@H]1CCCN(C(=O)/C=C\c2ccc(F)cc2)C1. The third-order valence-corrected chi connectivity index (χ3v) is 4.16. The predicted molar refractivity (Wildman–Crippen MR) is 83.0 cm³/mol. The number of rotatable bonds is 4. The molecule has 0 aliphatic carbocycles. The molecule has 5 nitrogen and oxygen atoms in total. The van der Waals surface area contributed by atoms with Crippen molar-refractivity contribution in [2.75, 3.05) is 19.3 Å². The van der Waals surface area contributed by atoms with E-state index in [2.05, 4.69) is 4.72 Å². The van der Waals surface area contributed by atoms with Crippen molar-refractivity contribution in [2.24, 2.45) is 0 Å². The average molecular weight is 326 g/mol. The lowest BCUT2D eigenvalue weighted by molar-refractivity contribution is -0.127. The molecule has 1 aromatic carbocycles. The van der Waals surface area contributed by atoms with Gasteiger partial charge in [0.05, 0.1) is 6.26 Å². The van der Waals surface area contributed by atoms with Gasteiger partial charge in [-0.3, -0.25) is 4.79 Å². The van der Waals surface area contributed by atoms with Crippen molar-refractivity contribution in [3.8, 4) is 0 Å². The van der Waals surface area contributed by atoms with Crippen LogP contribution in [0.5, 0.6) is 0 Å². The summed E-state index contributed by atoms with van der Waals surface area (Å²) in [6, 6.07) is 5.59. The van der Waals surface area contributed by atoms with Gasteiger partial charge >= 0.3 is 0 Å². The summed E-state index contributed by atoms with van der Waals surface area (Å²) in [6.07, 6.45) is 5.63. The average Bonchev–Trinajstić information content (AvgIpc) is 2.45. The molecule has 0 aromatic heterocycles. The third kappa shape index (κ3) is 5.23. The van der Waals surface area contributed by atoms with Crippen molar-refractivity contribution in [3.63, 3.8) is 0 Å². The smallest absolute Gasteiger partial charge is 0.246 e. The Kier molecular flexibility index (Phi) is 5.31. The molecule has 1 aliphatic heterocycles. The van der Waals surface area contributed by atoms with Gasteiger partial charge in [0, 0.05) is 25.2 Å². The van der Waals surface area contributed by atoms with Gasteiger partial charge in [0.2, 0.25) is 15.9 Å². The number of hydrogen-bond acceptors (Lipinski definition) is 3. The summed E-state index contributed by atoms with van der Waals surface area (Å²) in [5.41, 5.74) is 0.734. The molecule has 0 radical (unpaired) electrons. The fourth-order valence-corrected chi connectivity index (χ4v) is 3.22. The van der Waals surface area contributed by atoms with E-state index < -0.39 is 10.0 Å². The minimum Gasteiger partial charge on any atom is -0.338 e. The van der Waals surface area contributed by atoms with Gasteiger partial charge in [-0.1, -0.05) is 12.1 Å². The van der Waals surface area contributed by atoms with Gasteiger partial charge in [-0.2, -0.15) is 0 Å². The topological polar surface area (TPSA) is 66.5 Å². The predicted octanol–water partition coefficient (Wildman–Crippen LogP) is 1.38. The molecule has 0 saturated carbocycles. The number of halogens is 1. The van der Waals surface area contributed by atoms with Gasteiger partial charge in [0.25, 0.3) is 0 Å². The Labute approximate surface area is 129 Å². The Morgan fingerprint density at radius 1 is 1.36 bits per heavy atom. The summed E-state index contributed by atoms with van der Waals surface area (Å²) < 4.78 is 37.8. The zero-order valence-corrected chi connectivity index (χ0v) is 13.1. The van der Waals surface area contributed by atoms with E-state index in [9.17, 15) is 17.6 Å². The summed E-state index contributed by atoms with van der Waals surface area (Å²) in [5.74, 6) is -0.501. The first-order valence-electron chi connectivity index (χ1n) is 7.03. The number of carbonyl (C=O) groups is 1. The quantitative estimate of drug-likeness (QED) is 0.850. The van der Waals surface area contributed by atoms with Crippen LogP contribution in [-0.4, -0.2) is 44.6 Å². The number of amides is 1. The van der Waals surface area contributed by atoms with E-state index in [-0.39, 0.29) is 17.8 Å². The van der Waals surface area contributed by atoms with Crippen LogP contribution < -0.4 is 4.72 Å². The zero-order valence-electron chi connectivity index (χ0n) is 12.3. The third-order valence-electron chi connectivity index (χ3n) is 3.40. The molecule has 120 valence electrons. The molecule has 1 amide bonds. The maximum absolute atomic E-state index is 12.8. The van der Waals surface area contributed by atoms with Crippen LogP contribution in [0.2, 0.25) is 0 Å². The van der Waals surface area contributed by atoms with Gasteiger partial charge < -0.3 is 4.90 Å². The number of carbonyl (C=O) groups excluding carboxylic acids is 1. The number of sulfonamides is 1. The molecular formula is C15H19FN2O3S. The molecule has 1 aromatic rings. The first-order chi connectivity index (χ1) is 10.3. The molecule has 1 saturated heterocycles. The van der Waals surface area contributed by atoms with Crippen molar-refractivity contribution < 1.29 is 17.6 Å². The maximum Gasteiger partial charge on any atom is 0.246 e. The summed E-state index contributed by atoms with van der Waals surface area (Å²) in [5, 5.41) is 0. The Balaban J connectivity index is 1.95. The van der Waals surface area contributed by atoms with Crippen molar-refractivity contribution >= 4 is 22.0 Å². The molecule has 1 heterocycles. The zero-order chi connectivity index (χ0) is 16.2. The number of nitrogens with zero attached hydrogens (tertiary/aromatic N) is 1. The molecule has 1 fully saturated rings. The molecule has 1 atom stereocenters. The molecule has 0 unspecified atom stereocenters. The number of piperidine rings is 1. The number of nitrogens with one attached hydrogen (secondary N) is 1. The largest absolute Gasteiger partial charge is 0.338 e. The van der Waals surface area contributed by atoms with Gasteiger partial charge in [0.1, 0.15) is 5.82 Å². The Hall–Kier alpha value is -1.73. The van der Waals surface area contributed by atoms with E-state index in [0.717, 1.165) is 24.7 Å². The molecule has 1 aliphatic rings. The van der Waals surface area contributed by atoms with Crippen molar-refractivity contribution in [1.82, 2.24) is 9.62 Å². The first kappa shape index (κ1) is 16.6. The van der Waals surface area contributed by atoms with Crippen LogP contribution in [-0.2, 0) is 14.8 Å². The molecule has 0 spiro atoms. The van der Waals surface area contributed by atoms with E-state index in [1.54, 1.807) is 23.1 Å².